The fourth-order valence-corrected chi connectivity index (χ4v) is 1.92. The molecule has 0 aliphatic rings. The molecule has 5 nitrogen and oxygen atoms in total. The molecule has 8 heteroatoms. The van der Waals surface area contributed by atoms with Crippen molar-refractivity contribution in [3.8, 4) is 17.3 Å². The minimum atomic E-state index is -4.50. The lowest BCUT2D eigenvalue weighted by molar-refractivity contribution is -0.137. The molecule has 2 aromatic heterocycles. The number of nitrogens with zero attached hydrogens (tertiary/aromatic N) is 3. The number of hydrogen-bond donors (Lipinski definition) is 0. The van der Waals surface area contributed by atoms with Crippen LogP contribution < -0.4 is 4.74 Å². The molecule has 0 spiro atoms. The second-order valence-corrected chi connectivity index (χ2v) is 4.51. The summed E-state index contributed by atoms with van der Waals surface area (Å²) in [5, 5.41) is 3.59. The molecule has 1 aromatic carbocycles. The van der Waals surface area contributed by atoms with E-state index in [1.165, 1.54) is 18.2 Å². The monoisotopic (exact) mass is 321 g/mol. The van der Waals surface area contributed by atoms with E-state index in [0.29, 0.717) is 5.88 Å². The van der Waals surface area contributed by atoms with Crippen LogP contribution in [0.2, 0.25) is 0 Å². The van der Waals surface area contributed by atoms with Crippen LogP contribution in [-0.4, -0.2) is 15.1 Å². The Bertz CT molecular complexity index is 788. The number of ether oxygens (including phenoxy) is 1. The quantitative estimate of drug-likeness (QED) is 0.733. The third kappa shape index (κ3) is 3.47. The molecule has 0 unspecified atom stereocenters. The van der Waals surface area contributed by atoms with Crippen molar-refractivity contribution in [2.24, 2.45) is 0 Å². The molecule has 0 saturated carbocycles. The van der Waals surface area contributed by atoms with Gasteiger partial charge in [-0.25, -0.2) is 4.98 Å². The van der Waals surface area contributed by atoms with Gasteiger partial charge in [-0.3, -0.25) is 0 Å². The number of halogens is 3. The van der Waals surface area contributed by atoms with Crippen LogP contribution in [0, 0.1) is 0 Å². The molecule has 3 rings (SSSR count). The first-order valence-corrected chi connectivity index (χ1v) is 6.57. The van der Waals surface area contributed by atoms with Gasteiger partial charge in [0.15, 0.2) is 6.61 Å². The molecule has 0 fully saturated rings. The highest BCUT2D eigenvalue weighted by molar-refractivity contribution is 5.60. The van der Waals surface area contributed by atoms with Crippen LogP contribution in [0.5, 0.6) is 5.88 Å². The topological polar surface area (TPSA) is 61.0 Å². The number of pyridine rings is 1. The van der Waals surface area contributed by atoms with Gasteiger partial charge in [0.2, 0.25) is 11.7 Å². The predicted molar refractivity (Wildman–Crippen MR) is 73.3 cm³/mol. The lowest BCUT2D eigenvalue weighted by Crippen LogP contribution is -2.07. The third-order valence-corrected chi connectivity index (χ3v) is 2.92. The standard InChI is InChI=1S/C15H10F3N3O2/c16-15(17,18)11-6-2-1-5-10(11)14-20-13(23-21-14)9-22-12-7-3-4-8-19-12/h1-8H,9H2. The first-order chi connectivity index (χ1) is 11.0. The number of hydrogen-bond acceptors (Lipinski definition) is 5. The molecular weight excluding hydrogens is 311 g/mol. The van der Waals surface area contributed by atoms with Crippen molar-refractivity contribution < 1.29 is 22.4 Å². The highest BCUT2D eigenvalue weighted by Crippen LogP contribution is 2.35. The van der Waals surface area contributed by atoms with Crippen LogP contribution in [0.1, 0.15) is 11.5 Å². The van der Waals surface area contributed by atoms with Crippen LogP contribution >= 0.6 is 0 Å². The van der Waals surface area contributed by atoms with E-state index in [4.69, 9.17) is 9.26 Å². The summed E-state index contributed by atoms with van der Waals surface area (Å²) < 4.78 is 49.2. The highest BCUT2D eigenvalue weighted by Gasteiger charge is 2.34. The molecule has 118 valence electrons. The maximum absolute atomic E-state index is 13.0. The van der Waals surface area contributed by atoms with E-state index in [1.807, 2.05) is 0 Å². The average molecular weight is 321 g/mol. The molecule has 2 heterocycles. The summed E-state index contributed by atoms with van der Waals surface area (Å²) >= 11 is 0. The van der Waals surface area contributed by atoms with Gasteiger partial charge in [0.25, 0.3) is 5.89 Å². The lowest BCUT2D eigenvalue weighted by Gasteiger charge is -2.09. The summed E-state index contributed by atoms with van der Waals surface area (Å²) in [6, 6.07) is 10.1. The Morgan fingerprint density at radius 1 is 1.04 bits per heavy atom. The smallest absolute Gasteiger partial charge is 0.417 e. The number of rotatable bonds is 4. The molecule has 0 bridgehead atoms. The van der Waals surface area contributed by atoms with Gasteiger partial charge in [0, 0.05) is 17.8 Å². The SMILES string of the molecule is FC(F)(F)c1ccccc1-c1noc(COc2ccccn2)n1. The Morgan fingerprint density at radius 2 is 1.83 bits per heavy atom. The zero-order valence-electron chi connectivity index (χ0n) is 11.6. The fourth-order valence-electron chi connectivity index (χ4n) is 1.92. The van der Waals surface area contributed by atoms with Crippen LogP contribution in [-0.2, 0) is 12.8 Å². The summed E-state index contributed by atoms with van der Waals surface area (Å²) in [5.74, 6) is 0.267. The Kier molecular flexibility index (Phi) is 3.96. The van der Waals surface area contributed by atoms with Crippen LogP contribution in [0.3, 0.4) is 0 Å². The fraction of sp³-hybridized carbons (Fsp3) is 0.133. The molecule has 0 saturated heterocycles. The first kappa shape index (κ1) is 15.0. The van der Waals surface area contributed by atoms with Gasteiger partial charge in [-0.15, -0.1) is 0 Å². The minimum absolute atomic E-state index is 0.0580. The average Bonchev–Trinajstić information content (AvgIpc) is 3.02. The summed E-state index contributed by atoms with van der Waals surface area (Å²) in [6.07, 6.45) is -2.95. The van der Waals surface area contributed by atoms with Gasteiger partial charge in [-0.05, 0) is 12.1 Å². The molecular formula is C15H10F3N3O2. The predicted octanol–water partition coefficient (Wildman–Crippen LogP) is 3.73. The Hall–Kier alpha value is -2.90. The third-order valence-electron chi connectivity index (χ3n) is 2.92. The molecule has 0 radical (unpaired) electrons. The normalized spacial score (nSPS) is 11.4. The molecule has 0 atom stereocenters. The molecule has 0 aliphatic heterocycles. The van der Waals surface area contributed by atoms with Crippen molar-refractivity contribution in [3.63, 3.8) is 0 Å². The van der Waals surface area contributed by atoms with E-state index in [1.54, 1.807) is 24.4 Å². The van der Waals surface area contributed by atoms with Crippen molar-refractivity contribution >= 4 is 0 Å². The molecule has 0 N–H and O–H groups in total. The second-order valence-electron chi connectivity index (χ2n) is 4.51. The number of aromatic nitrogens is 3. The van der Waals surface area contributed by atoms with Gasteiger partial charge >= 0.3 is 6.18 Å². The lowest BCUT2D eigenvalue weighted by atomic mass is 10.1. The van der Waals surface area contributed by atoms with Gasteiger partial charge in [-0.1, -0.05) is 29.4 Å². The summed E-state index contributed by atoms with van der Waals surface area (Å²) in [7, 11) is 0. The van der Waals surface area contributed by atoms with Crippen molar-refractivity contribution in [1.29, 1.82) is 0 Å². The van der Waals surface area contributed by atoms with Gasteiger partial charge in [0.1, 0.15) is 0 Å². The molecule has 23 heavy (non-hydrogen) atoms. The summed E-state index contributed by atoms with van der Waals surface area (Å²) in [4.78, 5) is 7.88. The summed E-state index contributed by atoms with van der Waals surface area (Å²) in [5.41, 5.74) is -0.967. The van der Waals surface area contributed by atoms with Gasteiger partial charge in [-0.2, -0.15) is 18.2 Å². The highest BCUT2D eigenvalue weighted by atomic mass is 19.4. The van der Waals surface area contributed by atoms with Crippen molar-refractivity contribution in [3.05, 3.63) is 60.1 Å². The van der Waals surface area contributed by atoms with Gasteiger partial charge < -0.3 is 9.26 Å². The summed E-state index contributed by atoms with van der Waals surface area (Å²) in [6.45, 7) is -0.0851. The van der Waals surface area contributed by atoms with Crippen LogP contribution in [0.25, 0.3) is 11.4 Å². The Balaban J connectivity index is 1.80. The van der Waals surface area contributed by atoms with E-state index >= 15 is 0 Å². The van der Waals surface area contributed by atoms with Crippen molar-refractivity contribution in [2.75, 3.05) is 0 Å². The maximum Gasteiger partial charge on any atom is 0.417 e. The maximum atomic E-state index is 13.0. The zero-order chi connectivity index (χ0) is 16.3. The van der Waals surface area contributed by atoms with E-state index in [9.17, 15) is 13.2 Å². The molecule has 3 aromatic rings. The van der Waals surface area contributed by atoms with E-state index in [0.717, 1.165) is 6.07 Å². The first-order valence-electron chi connectivity index (χ1n) is 6.57. The van der Waals surface area contributed by atoms with Crippen LogP contribution in [0.15, 0.2) is 53.2 Å². The van der Waals surface area contributed by atoms with Crippen molar-refractivity contribution in [1.82, 2.24) is 15.1 Å². The van der Waals surface area contributed by atoms with Crippen LogP contribution in [0.4, 0.5) is 13.2 Å². The largest absolute Gasteiger partial charge is 0.468 e. The Morgan fingerprint density at radius 3 is 2.57 bits per heavy atom. The van der Waals surface area contributed by atoms with E-state index in [2.05, 4.69) is 15.1 Å². The molecule has 0 amide bonds. The Labute approximate surface area is 128 Å². The van der Waals surface area contributed by atoms with Gasteiger partial charge in [0.05, 0.1) is 5.56 Å². The zero-order valence-corrected chi connectivity index (χ0v) is 11.6. The number of benzene rings is 1. The number of alkyl halides is 3. The molecule has 0 aliphatic carbocycles. The second kappa shape index (κ2) is 6.07. The van der Waals surface area contributed by atoms with E-state index in [-0.39, 0.29) is 23.9 Å². The van der Waals surface area contributed by atoms with Crippen molar-refractivity contribution in [2.45, 2.75) is 12.8 Å². The van der Waals surface area contributed by atoms with E-state index < -0.39 is 11.7 Å². The minimum Gasteiger partial charge on any atom is -0.468 e.